The van der Waals surface area contributed by atoms with Crippen molar-refractivity contribution in [3.05, 3.63) is 37.9 Å². The zero-order chi connectivity index (χ0) is 15.6. The maximum Gasteiger partial charge on any atom is 0.202 e. The van der Waals surface area contributed by atoms with E-state index >= 15 is 0 Å². The number of fused-ring (bicyclic) bond motifs is 2. The summed E-state index contributed by atoms with van der Waals surface area (Å²) in [4.78, 5) is 12.1. The summed E-state index contributed by atoms with van der Waals surface area (Å²) < 4.78 is 2.30. The van der Waals surface area contributed by atoms with E-state index in [9.17, 15) is 15.0 Å². The maximum atomic E-state index is 12.1. The van der Waals surface area contributed by atoms with Crippen LogP contribution in [0, 0.1) is 3.57 Å². The first kappa shape index (κ1) is 14.4. The predicted octanol–water partition coefficient (Wildman–Crippen LogP) is 4.08. The number of hydrogen-bond donors (Lipinski definition) is 2. The third-order valence-corrected chi connectivity index (χ3v) is 6.33. The molecular formula is C16H13ClINO3. The maximum absolute atomic E-state index is 12.1. The van der Waals surface area contributed by atoms with Gasteiger partial charge in [0.15, 0.2) is 0 Å². The first-order chi connectivity index (χ1) is 10.5. The average Bonchev–Trinajstić information content (AvgIpc) is 2.76. The van der Waals surface area contributed by atoms with Crippen LogP contribution in [0.3, 0.4) is 0 Å². The third-order valence-electron chi connectivity index (χ3n) is 4.75. The van der Waals surface area contributed by atoms with Crippen LogP contribution in [0.25, 0.3) is 5.69 Å². The summed E-state index contributed by atoms with van der Waals surface area (Å²) in [6.45, 7) is 0. The molecule has 22 heavy (non-hydrogen) atoms. The van der Waals surface area contributed by atoms with E-state index in [1.54, 1.807) is 12.1 Å². The highest BCUT2D eigenvalue weighted by molar-refractivity contribution is 14.1. The van der Waals surface area contributed by atoms with Crippen molar-refractivity contribution < 1.29 is 15.0 Å². The minimum atomic E-state index is -0.286. The molecule has 1 aromatic carbocycles. The van der Waals surface area contributed by atoms with Crippen molar-refractivity contribution in [2.45, 2.75) is 31.1 Å². The highest BCUT2D eigenvalue weighted by atomic mass is 127. The van der Waals surface area contributed by atoms with Gasteiger partial charge in [-0.1, -0.05) is 11.6 Å². The van der Waals surface area contributed by atoms with Crippen LogP contribution < -0.4 is 0 Å². The Morgan fingerprint density at radius 3 is 2.59 bits per heavy atom. The van der Waals surface area contributed by atoms with Crippen LogP contribution >= 0.6 is 34.2 Å². The predicted molar refractivity (Wildman–Crippen MR) is 91.2 cm³/mol. The first-order valence-electron chi connectivity index (χ1n) is 7.13. The number of carbonyl (C=O) groups is 1. The molecule has 2 N–H and O–H groups in total. The van der Waals surface area contributed by atoms with Crippen molar-refractivity contribution in [1.29, 1.82) is 0 Å². The first-order valence-corrected chi connectivity index (χ1v) is 8.59. The van der Waals surface area contributed by atoms with Crippen LogP contribution in [0.15, 0.2) is 18.2 Å². The van der Waals surface area contributed by atoms with E-state index in [0.717, 1.165) is 22.0 Å². The van der Waals surface area contributed by atoms with Gasteiger partial charge in [0.05, 0.1) is 10.7 Å². The Morgan fingerprint density at radius 2 is 1.91 bits per heavy atom. The van der Waals surface area contributed by atoms with Gasteiger partial charge in [0, 0.05) is 27.0 Å². The molecule has 2 atom stereocenters. The summed E-state index contributed by atoms with van der Waals surface area (Å²) in [5, 5.41) is 21.8. The summed E-state index contributed by atoms with van der Waals surface area (Å²) in [7, 11) is 0. The Morgan fingerprint density at radius 1 is 1.18 bits per heavy atom. The molecule has 0 unspecified atom stereocenters. The molecule has 2 aromatic rings. The van der Waals surface area contributed by atoms with Crippen molar-refractivity contribution in [3.8, 4) is 17.4 Å². The zero-order valence-corrected chi connectivity index (χ0v) is 14.4. The van der Waals surface area contributed by atoms with Gasteiger partial charge < -0.3 is 10.2 Å². The number of aromatic nitrogens is 1. The number of aromatic hydroxyl groups is 2. The van der Waals surface area contributed by atoms with Gasteiger partial charge in [-0.2, -0.15) is 0 Å². The molecule has 0 aliphatic heterocycles. The van der Waals surface area contributed by atoms with Gasteiger partial charge >= 0.3 is 0 Å². The molecule has 6 heteroatoms. The van der Waals surface area contributed by atoms with Crippen LogP contribution in [-0.4, -0.2) is 20.6 Å². The minimum absolute atomic E-state index is 0.0129. The van der Waals surface area contributed by atoms with E-state index in [1.165, 1.54) is 4.57 Å². The fourth-order valence-electron chi connectivity index (χ4n) is 3.76. The lowest BCUT2D eigenvalue weighted by atomic mass is 9.67. The molecule has 1 heterocycles. The summed E-state index contributed by atoms with van der Waals surface area (Å²) >= 11 is 8.27. The standard InChI is InChI=1S/C16H13ClINO3/c17-10-6-8(2-4-11(10)18)19-15(21)13-7-1-3-9(12(20)5-7)14(13)16(19)22/h2,4,6-7,9,21-22H,1,3,5H2/t7-,9+/m0/s1. The van der Waals surface area contributed by atoms with Crippen LogP contribution in [0.4, 0.5) is 0 Å². The second-order valence-electron chi connectivity index (χ2n) is 5.91. The lowest BCUT2D eigenvalue weighted by Crippen LogP contribution is -2.28. The van der Waals surface area contributed by atoms with Crippen LogP contribution in [-0.2, 0) is 4.79 Å². The topological polar surface area (TPSA) is 62.5 Å². The molecule has 1 aromatic heterocycles. The molecule has 0 amide bonds. The Hall–Kier alpha value is -1.21. The zero-order valence-electron chi connectivity index (χ0n) is 11.5. The Labute approximate surface area is 145 Å². The number of rotatable bonds is 1. The molecular weight excluding hydrogens is 417 g/mol. The largest absolute Gasteiger partial charge is 0.494 e. The average molecular weight is 430 g/mol. The van der Waals surface area contributed by atoms with Crippen molar-refractivity contribution in [1.82, 2.24) is 4.57 Å². The van der Waals surface area contributed by atoms with E-state index in [2.05, 4.69) is 22.6 Å². The lowest BCUT2D eigenvalue weighted by Gasteiger charge is -2.34. The third kappa shape index (κ3) is 1.84. The Balaban J connectivity index is 1.96. The normalized spacial score (nSPS) is 22.9. The SMILES string of the molecule is O=C1C[C@@H]2CC[C@H]1c1c2c(O)n(-c2ccc(I)c(Cl)c2)c1O. The molecule has 4 nitrogen and oxygen atoms in total. The molecule has 0 saturated heterocycles. The number of nitrogens with zero attached hydrogens (tertiary/aromatic N) is 1. The van der Waals surface area contributed by atoms with Gasteiger partial charge in [0.2, 0.25) is 11.8 Å². The Kier molecular flexibility index (Phi) is 3.20. The summed E-state index contributed by atoms with van der Waals surface area (Å²) in [6.07, 6.45) is 2.09. The summed E-state index contributed by atoms with van der Waals surface area (Å²) in [5.41, 5.74) is 1.95. The number of benzene rings is 1. The van der Waals surface area contributed by atoms with Crippen molar-refractivity contribution >= 4 is 40.0 Å². The van der Waals surface area contributed by atoms with Gasteiger partial charge in [-0.15, -0.1) is 0 Å². The molecule has 0 spiro atoms. The van der Waals surface area contributed by atoms with Crippen LogP contribution in [0.2, 0.25) is 5.02 Å². The quantitative estimate of drug-likeness (QED) is 0.672. The van der Waals surface area contributed by atoms with Gasteiger partial charge in [-0.3, -0.25) is 9.36 Å². The molecule has 0 radical (unpaired) electrons. The fraction of sp³-hybridized carbons (Fsp3) is 0.312. The van der Waals surface area contributed by atoms with Gasteiger partial charge in [-0.05, 0) is 59.5 Å². The minimum Gasteiger partial charge on any atom is -0.494 e. The van der Waals surface area contributed by atoms with E-state index in [1.807, 2.05) is 6.07 Å². The number of carbonyl (C=O) groups excluding carboxylic acids is 1. The smallest absolute Gasteiger partial charge is 0.202 e. The number of hydrogen-bond acceptors (Lipinski definition) is 3. The number of ketones is 1. The second kappa shape index (κ2) is 4.89. The summed E-state index contributed by atoms with van der Waals surface area (Å²) in [5.74, 6) is -0.109. The lowest BCUT2D eigenvalue weighted by molar-refractivity contribution is -0.123. The van der Waals surface area contributed by atoms with E-state index in [-0.39, 0.29) is 29.4 Å². The van der Waals surface area contributed by atoms with Gasteiger partial charge in [-0.25, -0.2) is 0 Å². The highest BCUT2D eigenvalue weighted by Gasteiger charge is 2.45. The molecule has 3 aliphatic carbocycles. The molecule has 5 rings (SSSR count). The van der Waals surface area contributed by atoms with Crippen LogP contribution in [0.1, 0.15) is 42.2 Å². The van der Waals surface area contributed by atoms with E-state index < -0.39 is 0 Å². The second-order valence-corrected chi connectivity index (χ2v) is 7.48. The molecule has 1 fully saturated rings. The monoisotopic (exact) mass is 429 g/mol. The number of halogens is 2. The number of Topliss-reactive ketones (excluding diaryl/α,β-unsaturated/α-hetero) is 1. The van der Waals surface area contributed by atoms with E-state index in [0.29, 0.717) is 22.7 Å². The molecule has 2 bridgehead atoms. The van der Waals surface area contributed by atoms with Gasteiger partial charge in [0.1, 0.15) is 5.78 Å². The van der Waals surface area contributed by atoms with Crippen molar-refractivity contribution in [2.75, 3.05) is 0 Å². The van der Waals surface area contributed by atoms with Crippen molar-refractivity contribution in [2.24, 2.45) is 0 Å². The van der Waals surface area contributed by atoms with Crippen LogP contribution in [0.5, 0.6) is 11.8 Å². The molecule has 1 saturated carbocycles. The summed E-state index contributed by atoms with van der Waals surface area (Å²) in [6, 6.07) is 5.33. The molecule has 3 aliphatic rings. The molecule has 114 valence electrons. The van der Waals surface area contributed by atoms with E-state index in [4.69, 9.17) is 11.6 Å². The highest BCUT2D eigenvalue weighted by Crippen LogP contribution is 2.55. The van der Waals surface area contributed by atoms with Crippen molar-refractivity contribution in [3.63, 3.8) is 0 Å². The fourth-order valence-corrected chi connectivity index (χ4v) is 4.27. The Bertz CT molecular complexity index is 814. The van der Waals surface area contributed by atoms with Gasteiger partial charge in [0.25, 0.3) is 0 Å².